The lowest BCUT2D eigenvalue weighted by molar-refractivity contribution is -0.132. The maximum absolute atomic E-state index is 12.2. The molecule has 1 aromatic rings. The van der Waals surface area contributed by atoms with Gasteiger partial charge in [-0.3, -0.25) is 9.59 Å². The third kappa shape index (κ3) is 5.96. The molecule has 0 saturated heterocycles. The molecule has 1 heterocycles. The first-order valence-electron chi connectivity index (χ1n) is 9.02. The van der Waals surface area contributed by atoms with Gasteiger partial charge in [-0.2, -0.15) is 0 Å². The zero-order valence-electron chi connectivity index (χ0n) is 14.4. The van der Waals surface area contributed by atoms with Crippen LogP contribution in [0.25, 0.3) is 0 Å². The number of carbonyl (C=O) groups is 2. The van der Waals surface area contributed by atoms with Crippen LogP contribution in [-0.4, -0.2) is 29.8 Å². The van der Waals surface area contributed by atoms with Crippen molar-refractivity contribution in [3.63, 3.8) is 0 Å². The van der Waals surface area contributed by atoms with Gasteiger partial charge in [0.15, 0.2) is 0 Å². The molecule has 2 rings (SSSR count). The minimum Gasteiger partial charge on any atom is -0.356 e. The van der Waals surface area contributed by atoms with Crippen LogP contribution >= 0.6 is 0 Å². The van der Waals surface area contributed by atoms with Crippen LogP contribution in [0.4, 0.5) is 0 Å². The van der Waals surface area contributed by atoms with E-state index >= 15 is 0 Å². The molecule has 132 valence electrons. The molecule has 24 heavy (non-hydrogen) atoms. The molecule has 0 radical (unpaired) electrons. The summed E-state index contributed by atoms with van der Waals surface area (Å²) in [5, 5.41) is 2.90. The molecule has 0 fully saturated rings. The molecule has 0 bridgehead atoms. The van der Waals surface area contributed by atoms with Crippen molar-refractivity contribution >= 4 is 11.8 Å². The molecule has 0 aromatic heterocycles. The zero-order valence-corrected chi connectivity index (χ0v) is 14.4. The minimum absolute atomic E-state index is 0.0868. The average molecular weight is 331 g/mol. The molecule has 5 nitrogen and oxygen atoms in total. The van der Waals surface area contributed by atoms with Crippen molar-refractivity contribution in [1.82, 2.24) is 10.2 Å². The van der Waals surface area contributed by atoms with Gasteiger partial charge in [-0.15, -0.1) is 0 Å². The van der Waals surface area contributed by atoms with Crippen molar-refractivity contribution < 1.29 is 9.59 Å². The van der Waals surface area contributed by atoms with Gasteiger partial charge < -0.3 is 16.0 Å². The standard InChI is InChI=1S/C19H29N3O2/c20-12-6-2-1-3-10-18(23)21-13-7-11-19(24)22-14-16-8-4-5-9-17(16)15-22/h4-5,8-9H,1-3,6-7,10-15,20H2,(H,21,23). The number of nitrogens with zero attached hydrogens (tertiary/aromatic N) is 1. The second-order valence-electron chi connectivity index (χ2n) is 6.42. The number of nitrogens with one attached hydrogen (secondary N) is 1. The SMILES string of the molecule is NCCCCCCC(=O)NCCCC(=O)N1Cc2ccccc2C1. The van der Waals surface area contributed by atoms with Crippen LogP contribution in [-0.2, 0) is 22.7 Å². The fourth-order valence-corrected chi connectivity index (χ4v) is 3.01. The molecular weight excluding hydrogens is 302 g/mol. The van der Waals surface area contributed by atoms with Crippen molar-refractivity contribution in [2.24, 2.45) is 5.73 Å². The number of nitrogens with two attached hydrogens (primary N) is 1. The van der Waals surface area contributed by atoms with Crippen LogP contribution in [0.1, 0.15) is 56.1 Å². The van der Waals surface area contributed by atoms with Crippen LogP contribution in [0, 0.1) is 0 Å². The molecule has 1 aromatic carbocycles. The summed E-state index contributed by atoms with van der Waals surface area (Å²) >= 11 is 0. The summed E-state index contributed by atoms with van der Waals surface area (Å²) in [4.78, 5) is 25.8. The topological polar surface area (TPSA) is 75.4 Å². The smallest absolute Gasteiger partial charge is 0.223 e. The van der Waals surface area contributed by atoms with E-state index in [4.69, 9.17) is 5.73 Å². The number of amides is 2. The fourth-order valence-electron chi connectivity index (χ4n) is 3.01. The van der Waals surface area contributed by atoms with Gasteiger partial charge in [-0.25, -0.2) is 0 Å². The van der Waals surface area contributed by atoms with E-state index in [9.17, 15) is 9.59 Å². The van der Waals surface area contributed by atoms with Crippen molar-refractivity contribution in [3.05, 3.63) is 35.4 Å². The van der Waals surface area contributed by atoms with Gasteiger partial charge in [0.1, 0.15) is 0 Å². The molecule has 0 saturated carbocycles. The maximum Gasteiger partial charge on any atom is 0.223 e. The molecule has 0 unspecified atom stereocenters. The van der Waals surface area contributed by atoms with Crippen LogP contribution in [0.5, 0.6) is 0 Å². The summed E-state index contributed by atoms with van der Waals surface area (Å²) in [6.45, 7) is 2.73. The summed E-state index contributed by atoms with van der Waals surface area (Å²) in [5.41, 5.74) is 7.92. The second kappa shape index (κ2) is 10.1. The first kappa shape index (κ1) is 18.5. The van der Waals surface area contributed by atoms with E-state index in [0.717, 1.165) is 32.2 Å². The number of unbranched alkanes of at least 4 members (excludes halogenated alkanes) is 3. The summed E-state index contributed by atoms with van der Waals surface area (Å²) in [7, 11) is 0. The summed E-state index contributed by atoms with van der Waals surface area (Å²) in [6, 6.07) is 8.18. The van der Waals surface area contributed by atoms with Crippen molar-refractivity contribution in [2.45, 2.75) is 58.0 Å². The highest BCUT2D eigenvalue weighted by molar-refractivity contribution is 5.77. The second-order valence-corrected chi connectivity index (χ2v) is 6.42. The highest BCUT2D eigenvalue weighted by atomic mass is 16.2. The average Bonchev–Trinajstić information content (AvgIpc) is 3.02. The number of hydrogen-bond acceptors (Lipinski definition) is 3. The largest absolute Gasteiger partial charge is 0.356 e. The van der Waals surface area contributed by atoms with Gasteiger partial charge >= 0.3 is 0 Å². The third-order valence-corrected chi connectivity index (χ3v) is 4.44. The Hall–Kier alpha value is -1.88. The van der Waals surface area contributed by atoms with E-state index in [1.54, 1.807) is 0 Å². The highest BCUT2D eigenvalue weighted by Gasteiger charge is 2.22. The lowest BCUT2D eigenvalue weighted by atomic mass is 10.1. The van der Waals surface area contributed by atoms with E-state index < -0.39 is 0 Å². The summed E-state index contributed by atoms with van der Waals surface area (Å²) < 4.78 is 0. The number of carbonyl (C=O) groups excluding carboxylic acids is 2. The van der Waals surface area contributed by atoms with E-state index in [1.165, 1.54) is 11.1 Å². The first-order valence-corrected chi connectivity index (χ1v) is 9.02. The molecular formula is C19H29N3O2. The predicted molar refractivity (Wildman–Crippen MR) is 95.1 cm³/mol. The number of fused-ring (bicyclic) bond motifs is 1. The number of hydrogen-bond donors (Lipinski definition) is 2. The highest BCUT2D eigenvalue weighted by Crippen LogP contribution is 2.22. The molecule has 1 aliphatic heterocycles. The van der Waals surface area contributed by atoms with Gasteiger partial charge in [0.25, 0.3) is 0 Å². The number of rotatable bonds is 10. The monoisotopic (exact) mass is 331 g/mol. The minimum atomic E-state index is 0.0868. The Morgan fingerprint density at radius 3 is 2.29 bits per heavy atom. The molecule has 3 N–H and O–H groups in total. The van der Waals surface area contributed by atoms with Gasteiger partial charge in [-0.05, 0) is 36.9 Å². The lowest BCUT2D eigenvalue weighted by Gasteiger charge is -2.15. The summed E-state index contributed by atoms with van der Waals surface area (Å²) in [6.07, 6.45) is 5.85. The van der Waals surface area contributed by atoms with Crippen LogP contribution in [0.2, 0.25) is 0 Å². The first-order chi connectivity index (χ1) is 11.7. The van der Waals surface area contributed by atoms with E-state index in [2.05, 4.69) is 17.4 Å². The quantitative estimate of drug-likeness (QED) is 0.646. The lowest BCUT2D eigenvalue weighted by Crippen LogP contribution is -2.28. The Morgan fingerprint density at radius 2 is 1.62 bits per heavy atom. The van der Waals surface area contributed by atoms with Crippen LogP contribution in [0.15, 0.2) is 24.3 Å². The third-order valence-electron chi connectivity index (χ3n) is 4.44. The molecule has 2 amide bonds. The fraction of sp³-hybridized carbons (Fsp3) is 0.579. The predicted octanol–water partition coefficient (Wildman–Crippen LogP) is 2.33. The zero-order chi connectivity index (χ0) is 17.2. The normalized spacial score (nSPS) is 13.0. The maximum atomic E-state index is 12.2. The van der Waals surface area contributed by atoms with Crippen LogP contribution < -0.4 is 11.1 Å². The van der Waals surface area contributed by atoms with Gasteiger partial charge in [0.05, 0.1) is 0 Å². The van der Waals surface area contributed by atoms with Crippen molar-refractivity contribution in [1.29, 1.82) is 0 Å². The molecule has 0 aliphatic carbocycles. The van der Waals surface area contributed by atoms with Gasteiger partial charge in [-0.1, -0.05) is 37.1 Å². The van der Waals surface area contributed by atoms with E-state index in [1.807, 2.05) is 17.0 Å². The van der Waals surface area contributed by atoms with Gasteiger partial charge in [0.2, 0.25) is 11.8 Å². The molecule has 0 spiro atoms. The van der Waals surface area contributed by atoms with Crippen LogP contribution in [0.3, 0.4) is 0 Å². The Balaban J connectivity index is 1.53. The molecule has 0 atom stereocenters. The Bertz CT molecular complexity index is 520. The van der Waals surface area contributed by atoms with Gasteiger partial charge in [0, 0.05) is 32.5 Å². The molecule has 5 heteroatoms. The Morgan fingerprint density at radius 1 is 0.958 bits per heavy atom. The van der Waals surface area contributed by atoms with Crippen molar-refractivity contribution in [3.8, 4) is 0 Å². The van der Waals surface area contributed by atoms with E-state index in [-0.39, 0.29) is 11.8 Å². The molecule has 1 aliphatic rings. The summed E-state index contributed by atoms with van der Waals surface area (Å²) in [5.74, 6) is 0.256. The Labute approximate surface area is 144 Å². The Kier molecular flexibility index (Phi) is 7.75. The number of benzene rings is 1. The van der Waals surface area contributed by atoms with E-state index in [0.29, 0.717) is 38.9 Å². The van der Waals surface area contributed by atoms with Crippen molar-refractivity contribution in [2.75, 3.05) is 13.1 Å².